The summed E-state index contributed by atoms with van der Waals surface area (Å²) in [5.41, 5.74) is 4.07. The summed E-state index contributed by atoms with van der Waals surface area (Å²) < 4.78 is 0. The van der Waals surface area contributed by atoms with E-state index in [0.717, 1.165) is 13.1 Å². The molecular weight excluding hydrogens is 186 g/mol. The van der Waals surface area contributed by atoms with Crippen molar-refractivity contribution < 1.29 is 0 Å². The molecule has 1 aromatic heterocycles. The normalized spacial score (nSPS) is 16.3. The summed E-state index contributed by atoms with van der Waals surface area (Å²) in [4.78, 5) is 2.51. The van der Waals surface area contributed by atoms with Crippen molar-refractivity contribution >= 4 is 0 Å². The molecule has 0 unspecified atom stereocenters. The molecule has 3 nitrogen and oxygen atoms in total. The zero-order chi connectivity index (χ0) is 10.8. The minimum Gasteiger partial charge on any atom is -0.293 e. The quantitative estimate of drug-likeness (QED) is 0.823. The Bertz CT molecular complexity index is 328. The fraction of sp³-hybridized carbons (Fsp3) is 0.750. The van der Waals surface area contributed by atoms with E-state index in [2.05, 4.69) is 35.9 Å². The molecule has 15 heavy (non-hydrogen) atoms. The zero-order valence-corrected chi connectivity index (χ0v) is 10.0. The minimum atomic E-state index is 0.538. The molecular formula is C12H21N3. The topological polar surface area (TPSA) is 31.9 Å². The molecule has 0 atom stereocenters. The molecule has 2 heterocycles. The van der Waals surface area contributed by atoms with Gasteiger partial charge >= 0.3 is 0 Å². The number of fused-ring (bicyclic) bond motifs is 1. The molecule has 1 aliphatic heterocycles. The second kappa shape index (κ2) is 4.35. The molecule has 2 rings (SSSR count). The molecule has 0 aliphatic carbocycles. The van der Waals surface area contributed by atoms with Gasteiger partial charge in [-0.1, -0.05) is 27.2 Å². The number of hydrogen-bond acceptors (Lipinski definition) is 2. The first kappa shape index (κ1) is 10.7. The van der Waals surface area contributed by atoms with Crippen LogP contribution in [0.4, 0.5) is 0 Å². The molecule has 0 spiro atoms. The lowest BCUT2D eigenvalue weighted by molar-refractivity contribution is 0.275. The van der Waals surface area contributed by atoms with E-state index in [9.17, 15) is 0 Å². The molecule has 0 saturated heterocycles. The number of nitrogens with zero attached hydrogens (tertiary/aromatic N) is 2. The van der Waals surface area contributed by atoms with Gasteiger partial charge in [-0.15, -0.1) is 0 Å². The molecule has 0 saturated carbocycles. The lowest BCUT2D eigenvalue weighted by Gasteiger charge is -2.14. The van der Waals surface area contributed by atoms with Crippen LogP contribution < -0.4 is 0 Å². The summed E-state index contributed by atoms with van der Waals surface area (Å²) in [6, 6.07) is 0. The van der Waals surface area contributed by atoms with E-state index in [1.807, 2.05) is 0 Å². The molecule has 0 radical (unpaired) electrons. The van der Waals surface area contributed by atoms with Crippen LogP contribution in [0.2, 0.25) is 0 Å². The number of nitrogens with one attached hydrogen (secondary N) is 1. The molecule has 84 valence electrons. The van der Waals surface area contributed by atoms with E-state index in [1.165, 1.54) is 36.3 Å². The summed E-state index contributed by atoms with van der Waals surface area (Å²) in [5, 5.41) is 7.58. The maximum absolute atomic E-state index is 4.40. The SMILES string of the molecule is CCCCN1Cc2[nH]nc(C(C)C)c2C1. The fourth-order valence-corrected chi connectivity index (χ4v) is 2.24. The largest absolute Gasteiger partial charge is 0.293 e. The fourth-order valence-electron chi connectivity index (χ4n) is 2.24. The van der Waals surface area contributed by atoms with Gasteiger partial charge in [-0.3, -0.25) is 10.00 Å². The van der Waals surface area contributed by atoms with Gasteiger partial charge < -0.3 is 0 Å². The van der Waals surface area contributed by atoms with Gasteiger partial charge in [0.2, 0.25) is 0 Å². The van der Waals surface area contributed by atoms with Crippen LogP contribution in [0.25, 0.3) is 0 Å². The smallest absolute Gasteiger partial charge is 0.0695 e. The first-order valence-electron chi connectivity index (χ1n) is 6.00. The lowest BCUT2D eigenvalue weighted by atomic mass is 10.1. The van der Waals surface area contributed by atoms with Crippen molar-refractivity contribution in [3.8, 4) is 0 Å². The predicted octanol–water partition coefficient (Wildman–Crippen LogP) is 2.65. The first-order valence-corrected chi connectivity index (χ1v) is 6.00. The molecule has 3 heteroatoms. The van der Waals surface area contributed by atoms with Crippen molar-refractivity contribution in [3.63, 3.8) is 0 Å². The van der Waals surface area contributed by atoms with Gasteiger partial charge in [-0.05, 0) is 18.9 Å². The third-order valence-corrected chi connectivity index (χ3v) is 3.12. The van der Waals surface area contributed by atoms with Crippen LogP contribution in [0, 0.1) is 0 Å². The van der Waals surface area contributed by atoms with Gasteiger partial charge in [0, 0.05) is 18.7 Å². The van der Waals surface area contributed by atoms with E-state index in [-0.39, 0.29) is 0 Å². The number of aromatic amines is 1. The van der Waals surface area contributed by atoms with E-state index >= 15 is 0 Å². The summed E-state index contributed by atoms with van der Waals surface area (Å²) in [5.74, 6) is 0.538. The maximum atomic E-state index is 4.40. The Morgan fingerprint density at radius 3 is 2.87 bits per heavy atom. The second-order valence-corrected chi connectivity index (χ2v) is 4.78. The molecule has 1 N–H and O–H groups in total. The average molecular weight is 207 g/mol. The number of rotatable bonds is 4. The molecule has 0 fully saturated rings. The Kier molecular flexibility index (Phi) is 3.10. The van der Waals surface area contributed by atoms with Gasteiger partial charge in [-0.2, -0.15) is 5.10 Å². The Morgan fingerprint density at radius 1 is 1.40 bits per heavy atom. The van der Waals surface area contributed by atoms with Gasteiger partial charge in [-0.25, -0.2) is 0 Å². The summed E-state index contributed by atoms with van der Waals surface area (Å²) in [6.45, 7) is 10.1. The highest BCUT2D eigenvalue weighted by Crippen LogP contribution is 2.27. The number of H-pyrrole nitrogens is 1. The maximum Gasteiger partial charge on any atom is 0.0695 e. The van der Waals surface area contributed by atoms with Crippen molar-refractivity contribution in [3.05, 3.63) is 17.0 Å². The summed E-state index contributed by atoms with van der Waals surface area (Å²) >= 11 is 0. The second-order valence-electron chi connectivity index (χ2n) is 4.78. The predicted molar refractivity (Wildman–Crippen MR) is 61.7 cm³/mol. The molecule has 1 aliphatic rings. The van der Waals surface area contributed by atoms with Crippen molar-refractivity contribution in [1.82, 2.24) is 15.1 Å². The van der Waals surface area contributed by atoms with Crippen molar-refractivity contribution in [1.29, 1.82) is 0 Å². The average Bonchev–Trinajstić information content (AvgIpc) is 2.72. The Morgan fingerprint density at radius 2 is 2.20 bits per heavy atom. The summed E-state index contributed by atoms with van der Waals surface area (Å²) in [7, 11) is 0. The van der Waals surface area contributed by atoms with Crippen LogP contribution in [0.1, 0.15) is 56.5 Å². The Balaban J connectivity index is 2.04. The number of aromatic nitrogens is 2. The van der Waals surface area contributed by atoms with Crippen molar-refractivity contribution in [2.75, 3.05) is 6.54 Å². The van der Waals surface area contributed by atoms with Crippen LogP contribution >= 0.6 is 0 Å². The monoisotopic (exact) mass is 207 g/mol. The third kappa shape index (κ3) is 2.07. The minimum absolute atomic E-state index is 0.538. The van der Waals surface area contributed by atoms with Crippen LogP contribution in [-0.4, -0.2) is 21.6 Å². The highest BCUT2D eigenvalue weighted by molar-refractivity contribution is 5.30. The zero-order valence-electron chi connectivity index (χ0n) is 10.0. The standard InChI is InChI=1S/C12H21N3/c1-4-5-6-15-7-10-11(8-15)13-14-12(10)9(2)3/h9H,4-8H2,1-3H3,(H,13,14). The van der Waals surface area contributed by atoms with Crippen molar-refractivity contribution in [2.45, 2.75) is 52.6 Å². The first-order chi connectivity index (χ1) is 7.22. The van der Waals surface area contributed by atoms with Gasteiger partial charge in [0.05, 0.1) is 11.4 Å². The molecule has 0 aromatic carbocycles. The lowest BCUT2D eigenvalue weighted by Crippen LogP contribution is -2.18. The van der Waals surface area contributed by atoms with Crippen LogP contribution in [0.5, 0.6) is 0 Å². The number of hydrogen-bond donors (Lipinski definition) is 1. The van der Waals surface area contributed by atoms with Gasteiger partial charge in [0.1, 0.15) is 0 Å². The van der Waals surface area contributed by atoms with E-state index in [1.54, 1.807) is 0 Å². The van der Waals surface area contributed by atoms with E-state index in [0.29, 0.717) is 5.92 Å². The van der Waals surface area contributed by atoms with E-state index in [4.69, 9.17) is 0 Å². The highest BCUT2D eigenvalue weighted by atomic mass is 15.2. The van der Waals surface area contributed by atoms with Gasteiger partial charge in [0.25, 0.3) is 0 Å². The van der Waals surface area contributed by atoms with Crippen LogP contribution in [0.15, 0.2) is 0 Å². The molecule has 0 bridgehead atoms. The van der Waals surface area contributed by atoms with Crippen LogP contribution in [-0.2, 0) is 13.1 Å². The van der Waals surface area contributed by atoms with Crippen molar-refractivity contribution in [2.24, 2.45) is 0 Å². The van der Waals surface area contributed by atoms with Gasteiger partial charge in [0.15, 0.2) is 0 Å². The van der Waals surface area contributed by atoms with Crippen LogP contribution in [0.3, 0.4) is 0 Å². The number of unbranched alkanes of at least 4 members (excludes halogenated alkanes) is 1. The molecule has 0 amide bonds. The summed E-state index contributed by atoms with van der Waals surface area (Å²) in [6.07, 6.45) is 2.58. The Hall–Kier alpha value is -0.830. The highest BCUT2D eigenvalue weighted by Gasteiger charge is 2.24. The van der Waals surface area contributed by atoms with E-state index < -0.39 is 0 Å². The Labute approximate surface area is 91.9 Å². The third-order valence-electron chi connectivity index (χ3n) is 3.12. The molecule has 1 aromatic rings.